The summed E-state index contributed by atoms with van der Waals surface area (Å²) in [5, 5.41) is 8.62. The summed E-state index contributed by atoms with van der Waals surface area (Å²) in [6.45, 7) is 6.29. The molecule has 0 radical (unpaired) electrons. The zero-order valence-corrected chi connectivity index (χ0v) is 7.87. The van der Waals surface area contributed by atoms with Crippen molar-refractivity contribution in [2.45, 2.75) is 27.2 Å². The van der Waals surface area contributed by atoms with Gasteiger partial charge in [0.05, 0.1) is 0 Å². The van der Waals surface area contributed by atoms with Crippen molar-refractivity contribution in [3.8, 4) is 0 Å². The molecule has 0 aromatic rings. The van der Waals surface area contributed by atoms with E-state index in [1.807, 2.05) is 6.08 Å². The average molecular weight is 168 g/mol. The van der Waals surface area contributed by atoms with Crippen molar-refractivity contribution < 1.29 is 10.1 Å². The maximum Gasteiger partial charge on any atom is 0.164 e. The standard InChI is InChI=1S/C10H16O2/c1-7(2)9-5-4-8(3)6-10(9)12-11/h5-8,11H,4H2,1-3H3. The third kappa shape index (κ3) is 1.89. The van der Waals surface area contributed by atoms with Crippen molar-refractivity contribution in [3.05, 3.63) is 23.5 Å². The fourth-order valence-electron chi connectivity index (χ4n) is 1.44. The van der Waals surface area contributed by atoms with Crippen LogP contribution in [0.15, 0.2) is 23.5 Å². The molecule has 0 spiro atoms. The van der Waals surface area contributed by atoms with Gasteiger partial charge in [-0.3, -0.25) is 0 Å². The summed E-state index contributed by atoms with van der Waals surface area (Å²) in [6.07, 6.45) is 5.15. The molecular formula is C10H16O2. The monoisotopic (exact) mass is 168 g/mol. The van der Waals surface area contributed by atoms with Gasteiger partial charge in [-0.15, -0.1) is 0 Å². The molecule has 0 amide bonds. The first-order chi connectivity index (χ1) is 5.65. The molecule has 0 heterocycles. The van der Waals surface area contributed by atoms with Crippen LogP contribution in [-0.2, 0) is 4.89 Å². The lowest BCUT2D eigenvalue weighted by Gasteiger charge is -2.19. The minimum atomic E-state index is 0.413. The first-order valence-electron chi connectivity index (χ1n) is 4.38. The minimum absolute atomic E-state index is 0.413. The van der Waals surface area contributed by atoms with Gasteiger partial charge in [0.15, 0.2) is 5.76 Å². The average Bonchev–Trinajstić information content (AvgIpc) is 2.03. The van der Waals surface area contributed by atoms with Crippen LogP contribution >= 0.6 is 0 Å². The third-order valence-corrected chi connectivity index (χ3v) is 2.15. The maximum absolute atomic E-state index is 8.62. The van der Waals surface area contributed by atoms with E-state index in [-0.39, 0.29) is 0 Å². The van der Waals surface area contributed by atoms with Gasteiger partial charge in [0.25, 0.3) is 0 Å². The largest absolute Gasteiger partial charge is 0.340 e. The van der Waals surface area contributed by atoms with Gasteiger partial charge in [0, 0.05) is 0 Å². The molecular weight excluding hydrogens is 152 g/mol. The Bertz CT molecular complexity index is 214. The second-order valence-corrected chi connectivity index (χ2v) is 3.65. The molecule has 1 N–H and O–H groups in total. The number of rotatable bonds is 2. The molecule has 0 saturated carbocycles. The normalized spacial score (nSPS) is 23.6. The lowest BCUT2D eigenvalue weighted by molar-refractivity contribution is -0.201. The summed E-state index contributed by atoms with van der Waals surface area (Å²) in [6, 6.07) is 0. The predicted octanol–water partition coefficient (Wildman–Crippen LogP) is 2.98. The quantitative estimate of drug-likeness (QED) is 0.507. The zero-order chi connectivity index (χ0) is 9.14. The fourth-order valence-corrected chi connectivity index (χ4v) is 1.44. The molecule has 1 atom stereocenters. The van der Waals surface area contributed by atoms with Crippen molar-refractivity contribution in [1.82, 2.24) is 0 Å². The minimum Gasteiger partial charge on any atom is -0.340 e. The Labute approximate surface area is 73.5 Å². The third-order valence-electron chi connectivity index (χ3n) is 2.15. The van der Waals surface area contributed by atoms with Crippen molar-refractivity contribution in [2.24, 2.45) is 11.8 Å². The molecule has 0 fully saturated rings. The van der Waals surface area contributed by atoms with Gasteiger partial charge in [-0.05, 0) is 29.9 Å². The highest BCUT2D eigenvalue weighted by Gasteiger charge is 2.16. The molecule has 0 saturated heterocycles. The Morgan fingerprint density at radius 2 is 2.25 bits per heavy atom. The van der Waals surface area contributed by atoms with Crippen molar-refractivity contribution in [1.29, 1.82) is 0 Å². The SMILES string of the molecule is CC1C=C(OO)C(C(C)C)=CC1. The highest BCUT2D eigenvalue weighted by atomic mass is 17.1. The molecule has 0 aromatic carbocycles. The lowest BCUT2D eigenvalue weighted by Crippen LogP contribution is -2.07. The van der Waals surface area contributed by atoms with E-state index in [0.29, 0.717) is 17.6 Å². The second kappa shape index (κ2) is 3.76. The molecule has 1 rings (SSSR count). The van der Waals surface area contributed by atoms with Crippen molar-refractivity contribution in [2.75, 3.05) is 0 Å². The van der Waals surface area contributed by atoms with E-state index in [4.69, 9.17) is 5.26 Å². The molecule has 0 aliphatic heterocycles. The first kappa shape index (κ1) is 9.33. The molecule has 0 aromatic heterocycles. The number of allylic oxidation sites excluding steroid dienone is 3. The van der Waals surface area contributed by atoms with Crippen LogP contribution in [0.4, 0.5) is 0 Å². The van der Waals surface area contributed by atoms with E-state index in [9.17, 15) is 0 Å². The van der Waals surface area contributed by atoms with Crippen LogP contribution in [0.5, 0.6) is 0 Å². The highest BCUT2D eigenvalue weighted by molar-refractivity contribution is 5.30. The van der Waals surface area contributed by atoms with E-state index >= 15 is 0 Å². The van der Waals surface area contributed by atoms with Gasteiger partial charge < -0.3 is 4.89 Å². The highest BCUT2D eigenvalue weighted by Crippen LogP contribution is 2.27. The fraction of sp³-hybridized carbons (Fsp3) is 0.600. The molecule has 1 aliphatic rings. The van der Waals surface area contributed by atoms with Crippen LogP contribution in [0.25, 0.3) is 0 Å². The lowest BCUT2D eigenvalue weighted by atomic mass is 9.91. The summed E-state index contributed by atoms with van der Waals surface area (Å²) < 4.78 is 0. The smallest absolute Gasteiger partial charge is 0.164 e. The Morgan fingerprint density at radius 3 is 2.75 bits per heavy atom. The summed E-state index contributed by atoms with van der Waals surface area (Å²) in [5.41, 5.74) is 1.11. The summed E-state index contributed by atoms with van der Waals surface area (Å²) in [5.74, 6) is 1.51. The summed E-state index contributed by atoms with van der Waals surface area (Å²) in [7, 11) is 0. The van der Waals surface area contributed by atoms with Crippen LogP contribution < -0.4 is 0 Å². The molecule has 12 heavy (non-hydrogen) atoms. The Hall–Kier alpha value is -0.760. The predicted molar refractivity (Wildman–Crippen MR) is 48.5 cm³/mol. The number of hydrogen-bond donors (Lipinski definition) is 1. The van der Waals surface area contributed by atoms with E-state index in [1.54, 1.807) is 0 Å². The summed E-state index contributed by atoms with van der Waals surface area (Å²) in [4.78, 5) is 4.33. The van der Waals surface area contributed by atoms with Gasteiger partial charge in [0.2, 0.25) is 0 Å². The molecule has 1 unspecified atom stereocenters. The van der Waals surface area contributed by atoms with Crippen LogP contribution in [0.1, 0.15) is 27.2 Å². The van der Waals surface area contributed by atoms with Gasteiger partial charge in [-0.25, -0.2) is 5.26 Å². The molecule has 68 valence electrons. The van der Waals surface area contributed by atoms with E-state index < -0.39 is 0 Å². The van der Waals surface area contributed by atoms with Crippen LogP contribution in [0.2, 0.25) is 0 Å². The zero-order valence-electron chi connectivity index (χ0n) is 7.87. The molecule has 0 bridgehead atoms. The molecule has 2 nitrogen and oxygen atoms in total. The van der Waals surface area contributed by atoms with Gasteiger partial charge in [0.1, 0.15) is 0 Å². The van der Waals surface area contributed by atoms with Crippen molar-refractivity contribution in [3.63, 3.8) is 0 Å². The van der Waals surface area contributed by atoms with Crippen LogP contribution in [0, 0.1) is 11.8 Å². The topological polar surface area (TPSA) is 29.5 Å². The van der Waals surface area contributed by atoms with Crippen LogP contribution in [0.3, 0.4) is 0 Å². The van der Waals surface area contributed by atoms with Gasteiger partial charge in [-0.2, -0.15) is 0 Å². The Balaban J connectivity index is 2.81. The molecule has 1 aliphatic carbocycles. The van der Waals surface area contributed by atoms with Gasteiger partial charge in [-0.1, -0.05) is 26.8 Å². The van der Waals surface area contributed by atoms with Crippen molar-refractivity contribution >= 4 is 0 Å². The first-order valence-corrected chi connectivity index (χ1v) is 4.38. The Kier molecular flexibility index (Phi) is 2.93. The van der Waals surface area contributed by atoms with Gasteiger partial charge >= 0.3 is 0 Å². The second-order valence-electron chi connectivity index (χ2n) is 3.65. The summed E-state index contributed by atoms with van der Waals surface area (Å²) >= 11 is 0. The maximum atomic E-state index is 8.62. The number of hydrogen-bond acceptors (Lipinski definition) is 2. The van der Waals surface area contributed by atoms with E-state index in [1.165, 1.54) is 0 Å². The molecule has 2 heteroatoms. The van der Waals surface area contributed by atoms with E-state index in [2.05, 4.69) is 31.7 Å². The van der Waals surface area contributed by atoms with E-state index in [0.717, 1.165) is 12.0 Å². The Morgan fingerprint density at radius 1 is 1.58 bits per heavy atom. The van der Waals surface area contributed by atoms with Crippen LogP contribution in [-0.4, -0.2) is 5.26 Å².